The summed E-state index contributed by atoms with van der Waals surface area (Å²) in [5.41, 5.74) is 3.13. The largest absolute Gasteiger partial charge is 0.494 e. The molecule has 2 amide bonds. The number of nitrogens with one attached hydrogen (secondary N) is 1. The van der Waals surface area contributed by atoms with Crippen LogP contribution in [0.15, 0.2) is 78.9 Å². The Kier molecular flexibility index (Phi) is 11.0. The van der Waals surface area contributed by atoms with Gasteiger partial charge in [0, 0.05) is 30.5 Å². The van der Waals surface area contributed by atoms with E-state index in [1.807, 2.05) is 87.5 Å². The molecule has 0 aliphatic carbocycles. The normalized spacial score (nSPS) is 12.4. The Bertz CT molecular complexity index is 1130. The summed E-state index contributed by atoms with van der Waals surface area (Å²) in [7, 11) is 0. The van der Waals surface area contributed by atoms with Gasteiger partial charge in [-0.2, -0.15) is 0 Å². The van der Waals surface area contributed by atoms with E-state index in [4.69, 9.17) is 16.3 Å². The molecule has 2 atom stereocenters. The number of amides is 2. The topological polar surface area (TPSA) is 58.6 Å². The number of benzene rings is 3. The van der Waals surface area contributed by atoms with Crippen LogP contribution in [0, 0.1) is 6.92 Å². The molecule has 0 spiro atoms. The van der Waals surface area contributed by atoms with Crippen molar-refractivity contribution >= 4 is 23.4 Å². The smallest absolute Gasteiger partial charge is 0.243 e. The number of rotatable bonds is 13. The fourth-order valence-corrected chi connectivity index (χ4v) is 4.18. The highest BCUT2D eigenvalue weighted by Gasteiger charge is 2.31. The van der Waals surface area contributed by atoms with Gasteiger partial charge in [0.25, 0.3) is 0 Å². The van der Waals surface area contributed by atoms with Crippen molar-refractivity contribution in [1.82, 2.24) is 10.2 Å². The molecule has 3 aromatic rings. The number of carbonyl (C=O) groups excluding carboxylic acids is 2. The predicted octanol–water partition coefficient (Wildman–Crippen LogP) is 6.36. The summed E-state index contributed by atoms with van der Waals surface area (Å²) < 4.78 is 5.79. The first-order valence-corrected chi connectivity index (χ1v) is 13.3. The molecule has 0 unspecified atom stereocenters. The summed E-state index contributed by atoms with van der Waals surface area (Å²) in [6.07, 6.45) is 2.08. The second-order valence-electron chi connectivity index (χ2n) is 9.38. The highest BCUT2D eigenvalue weighted by molar-refractivity contribution is 6.30. The van der Waals surface area contributed by atoms with Crippen molar-refractivity contribution in [3.8, 4) is 5.75 Å². The number of carbonyl (C=O) groups is 2. The van der Waals surface area contributed by atoms with Crippen molar-refractivity contribution < 1.29 is 14.3 Å². The summed E-state index contributed by atoms with van der Waals surface area (Å²) in [6.45, 7) is 6.82. The van der Waals surface area contributed by atoms with Gasteiger partial charge in [-0.25, -0.2) is 0 Å². The van der Waals surface area contributed by atoms with Crippen LogP contribution in [0.2, 0.25) is 5.02 Å². The minimum atomic E-state index is -0.624. The van der Waals surface area contributed by atoms with E-state index in [-0.39, 0.29) is 24.3 Å². The van der Waals surface area contributed by atoms with E-state index < -0.39 is 6.04 Å². The van der Waals surface area contributed by atoms with E-state index in [0.29, 0.717) is 36.8 Å². The minimum Gasteiger partial charge on any atom is -0.494 e. The molecular formula is C31H37ClN2O3. The molecule has 3 rings (SSSR count). The summed E-state index contributed by atoms with van der Waals surface area (Å²) in [5.74, 6) is 0.518. The molecule has 0 fully saturated rings. The molecule has 0 saturated carbocycles. The summed E-state index contributed by atoms with van der Waals surface area (Å²) in [6, 6.07) is 24.4. The average molecular weight is 521 g/mol. The Hall–Kier alpha value is -3.31. The van der Waals surface area contributed by atoms with Crippen molar-refractivity contribution in [2.24, 2.45) is 0 Å². The van der Waals surface area contributed by atoms with Crippen LogP contribution in [0.1, 0.15) is 49.8 Å². The average Bonchev–Trinajstić information content (AvgIpc) is 2.91. The second-order valence-corrected chi connectivity index (χ2v) is 9.81. The van der Waals surface area contributed by atoms with Gasteiger partial charge in [-0.05, 0) is 67.6 Å². The van der Waals surface area contributed by atoms with Crippen LogP contribution in [-0.2, 0) is 22.6 Å². The lowest BCUT2D eigenvalue weighted by atomic mass is 10.0. The van der Waals surface area contributed by atoms with E-state index in [2.05, 4.69) is 5.32 Å². The van der Waals surface area contributed by atoms with Crippen molar-refractivity contribution in [2.45, 2.75) is 65.1 Å². The summed E-state index contributed by atoms with van der Waals surface area (Å²) in [4.78, 5) is 29.0. The van der Waals surface area contributed by atoms with E-state index in [9.17, 15) is 9.59 Å². The Balaban J connectivity index is 1.80. The predicted molar refractivity (Wildman–Crippen MR) is 150 cm³/mol. The second kappa shape index (κ2) is 14.4. The van der Waals surface area contributed by atoms with Gasteiger partial charge in [-0.3, -0.25) is 9.59 Å². The quantitative estimate of drug-likeness (QED) is 0.267. The summed E-state index contributed by atoms with van der Waals surface area (Å²) in [5, 5.41) is 3.76. The first-order valence-electron chi connectivity index (χ1n) is 12.9. The SMILES string of the molecule is CC[C@H](C)NC(=O)[C@H](Cc1ccccc1)N(Cc1ccccc1C)C(=O)CCCOc1ccc(Cl)cc1. The zero-order valence-electron chi connectivity index (χ0n) is 22.0. The van der Waals surface area contributed by atoms with Gasteiger partial charge in [0.2, 0.25) is 11.8 Å². The van der Waals surface area contributed by atoms with Gasteiger partial charge >= 0.3 is 0 Å². The lowest BCUT2D eigenvalue weighted by molar-refractivity contribution is -0.141. The highest BCUT2D eigenvalue weighted by Crippen LogP contribution is 2.19. The number of hydrogen-bond acceptors (Lipinski definition) is 3. The van der Waals surface area contributed by atoms with Crippen molar-refractivity contribution in [3.05, 3.63) is 101 Å². The van der Waals surface area contributed by atoms with E-state index >= 15 is 0 Å². The van der Waals surface area contributed by atoms with E-state index in [1.165, 1.54) is 0 Å². The third-order valence-electron chi connectivity index (χ3n) is 6.49. The zero-order chi connectivity index (χ0) is 26.6. The Morgan fingerprint density at radius 1 is 0.973 bits per heavy atom. The van der Waals surface area contributed by atoms with Crippen LogP contribution < -0.4 is 10.1 Å². The molecule has 0 aliphatic rings. The molecule has 37 heavy (non-hydrogen) atoms. The molecule has 0 saturated heterocycles. The molecule has 196 valence electrons. The number of ether oxygens (including phenoxy) is 1. The van der Waals surface area contributed by atoms with Crippen LogP contribution in [-0.4, -0.2) is 35.4 Å². The zero-order valence-corrected chi connectivity index (χ0v) is 22.7. The molecule has 3 aromatic carbocycles. The standard InChI is InChI=1S/C31H37ClN2O3/c1-4-24(3)33-31(36)29(21-25-12-6-5-7-13-25)34(22-26-14-9-8-11-23(26)2)30(35)15-10-20-37-28-18-16-27(32)17-19-28/h5-9,11-14,16-19,24,29H,4,10,15,20-22H2,1-3H3,(H,33,36)/t24-,29-/m0/s1. The fraction of sp³-hybridized carbons (Fsp3) is 0.355. The third-order valence-corrected chi connectivity index (χ3v) is 6.74. The molecule has 1 N–H and O–H groups in total. The lowest BCUT2D eigenvalue weighted by Crippen LogP contribution is -2.52. The van der Waals surface area contributed by atoms with Gasteiger partial charge in [-0.15, -0.1) is 0 Å². The highest BCUT2D eigenvalue weighted by atomic mass is 35.5. The number of nitrogens with zero attached hydrogens (tertiary/aromatic N) is 1. The van der Waals surface area contributed by atoms with Gasteiger partial charge in [0.05, 0.1) is 6.61 Å². The van der Waals surface area contributed by atoms with Gasteiger partial charge in [0.1, 0.15) is 11.8 Å². The molecule has 5 nitrogen and oxygen atoms in total. The van der Waals surface area contributed by atoms with Crippen LogP contribution >= 0.6 is 11.6 Å². The molecule has 0 heterocycles. The summed E-state index contributed by atoms with van der Waals surface area (Å²) >= 11 is 5.94. The number of halogens is 1. The maximum atomic E-state index is 13.7. The molecule has 6 heteroatoms. The van der Waals surface area contributed by atoms with Crippen LogP contribution in [0.25, 0.3) is 0 Å². The maximum Gasteiger partial charge on any atom is 0.243 e. The van der Waals surface area contributed by atoms with E-state index in [0.717, 1.165) is 23.1 Å². The van der Waals surface area contributed by atoms with Crippen LogP contribution in [0.3, 0.4) is 0 Å². The van der Waals surface area contributed by atoms with Crippen molar-refractivity contribution in [2.75, 3.05) is 6.61 Å². The maximum absolute atomic E-state index is 13.7. The first kappa shape index (κ1) is 28.3. The van der Waals surface area contributed by atoms with Crippen LogP contribution in [0.4, 0.5) is 0 Å². The number of aryl methyl sites for hydroxylation is 1. The van der Waals surface area contributed by atoms with Gasteiger partial charge in [-0.1, -0.05) is 73.1 Å². The number of hydrogen-bond donors (Lipinski definition) is 1. The van der Waals surface area contributed by atoms with Crippen molar-refractivity contribution in [1.29, 1.82) is 0 Å². The first-order chi connectivity index (χ1) is 17.9. The molecular weight excluding hydrogens is 484 g/mol. The van der Waals surface area contributed by atoms with Gasteiger partial charge < -0.3 is 15.0 Å². The molecule has 0 radical (unpaired) electrons. The van der Waals surface area contributed by atoms with Crippen molar-refractivity contribution in [3.63, 3.8) is 0 Å². The Morgan fingerprint density at radius 3 is 2.32 bits per heavy atom. The molecule has 0 bridgehead atoms. The molecule has 0 aliphatic heterocycles. The fourth-order valence-electron chi connectivity index (χ4n) is 4.05. The monoisotopic (exact) mass is 520 g/mol. The van der Waals surface area contributed by atoms with Crippen LogP contribution in [0.5, 0.6) is 5.75 Å². The van der Waals surface area contributed by atoms with Gasteiger partial charge in [0.15, 0.2) is 0 Å². The lowest BCUT2D eigenvalue weighted by Gasteiger charge is -2.33. The van der Waals surface area contributed by atoms with E-state index in [1.54, 1.807) is 17.0 Å². The Labute approximate surface area is 225 Å². The third kappa shape index (κ3) is 8.94. The minimum absolute atomic E-state index is 0.0222. The Morgan fingerprint density at radius 2 is 1.65 bits per heavy atom. The molecule has 0 aromatic heterocycles.